The second-order valence-electron chi connectivity index (χ2n) is 7.69. The largest absolute Gasteiger partial charge is 0.353 e. The Kier molecular flexibility index (Phi) is 7.20. The van der Waals surface area contributed by atoms with Crippen LogP contribution in [-0.4, -0.2) is 37.8 Å². The molecule has 1 heterocycles. The molecule has 0 radical (unpaired) electrons. The summed E-state index contributed by atoms with van der Waals surface area (Å²) in [7, 11) is -3.92. The van der Waals surface area contributed by atoms with Crippen molar-refractivity contribution in [1.82, 2.24) is 9.62 Å². The van der Waals surface area contributed by atoms with Crippen LogP contribution in [0.5, 0.6) is 0 Å². The summed E-state index contributed by atoms with van der Waals surface area (Å²) >= 11 is 0. The van der Waals surface area contributed by atoms with Crippen molar-refractivity contribution in [3.8, 4) is 0 Å². The molecule has 30 heavy (non-hydrogen) atoms. The highest BCUT2D eigenvalue weighted by Gasteiger charge is 2.32. The fourth-order valence-corrected chi connectivity index (χ4v) is 5.09. The molecule has 1 aliphatic rings. The molecule has 3 rings (SSSR count). The molecule has 0 spiro atoms. The lowest BCUT2D eigenvalue weighted by Crippen LogP contribution is -2.44. The van der Waals surface area contributed by atoms with E-state index in [0.717, 1.165) is 25.0 Å². The summed E-state index contributed by atoms with van der Waals surface area (Å²) < 4.78 is 53.1. The SMILES string of the molecule is CC(CCc1ccccc1)NC(=O)C1CCN(S(=O)(=O)c2ccc(F)c(F)c2)CC1. The number of amides is 1. The maximum Gasteiger partial charge on any atom is 0.243 e. The minimum Gasteiger partial charge on any atom is -0.353 e. The number of sulfonamides is 1. The van der Waals surface area contributed by atoms with Crippen molar-refractivity contribution in [3.63, 3.8) is 0 Å². The standard InChI is InChI=1S/C22H26F2N2O3S/c1-16(7-8-17-5-3-2-4-6-17)25-22(27)18-11-13-26(14-12-18)30(28,29)19-9-10-20(23)21(24)15-19/h2-6,9-10,15-16,18H,7-8,11-14H2,1H3,(H,25,27). The normalized spacial score (nSPS) is 16.9. The number of rotatable bonds is 7. The maximum atomic E-state index is 13.4. The van der Waals surface area contributed by atoms with Crippen molar-refractivity contribution < 1.29 is 22.0 Å². The van der Waals surface area contributed by atoms with Crippen molar-refractivity contribution in [2.45, 2.75) is 43.5 Å². The molecule has 1 N–H and O–H groups in total. The van der Waals surface area contributed by atoms with Gasteiger partial charge < -0.3 is 5.32 Å². The zero-order valence-corrected chi connectivity index (χ0v) is 17.7. The zero-order valence-electron chi connectivity index (χ0n) is 16.9. The smallest absolute Gasteiger partial charge is 0.243 e. The lowest BCUT2D eigenvalue weighted by Gasteiger charge is -2.31. The summed E-state index contributed by atoms with van der Waals surface area (Å²) in [4.78, 5) is 12.3. The van der Waals surface area contributed by atoms with E-state index in [0.29, 0.717) is 18.9 Å². The quantitative estimate of drug-likeness (QED) is 0.723. The summed E-state index contributed by atoms with van der Waals surface area (Å²) in [5.74, 6) is -2.62. The van der Waals surface area contributed by atoms with Gasteiger partial charge in [0.15, 0.2) is 11.6 Å². The van der Waals surface area contributed by atoms with E-state index in [-0.39, 0.29) is 35.9 Å². The van der Waals surface area contributed by atoms with Gasteiger partial charge in [0.25, 0.3) is 0 Å². The number of carbonyl (C=O) groups is 1. The number of benzene rings is 2. The van der Waals surface area contributed by atoms with Crippen molar-refractivity contribution in [3.05, 3.63) is 65.7 Å². The van der Waals surface area contributed by atoms with E-state index in [1.54, 1.807) is 0 Å². The van der Waals surface area contributed by atoms with E-state index in [9.17, 15) is 22.0 Å². The molecule has 0 aliphatic carbocycles. The fraction of sp³-hybridized carbons (Fsp3) is 0.409. The van der Waals surface area contributed by atoms with Crippen LogP contribution in [0.1, 0.15) is 31.7 Å². The Balaban J connectivity index is 1.50. The average Bonchev–Trinajstić information content (AvgIpc) is 2.75. The van der Waals surface area contributed by atoms with Crippen LogP contribution >= 0.6 is 0 Å². The molecule has 1 saturated heterocycles. The third kappa shape index (κ3) is 5.43. The van der Waals surface area contributed by atoms with E-state index in [1.807, 2.05) is 25.1 Å². The molecule has 2 aromatic carbocycles. The van der Waals surface area contributed by atoms with E-state index in [4.69, 9.17) is 0 Å². The van der Waals surface area contributed by atoms with E-state index in [1.165, 1.54) is 9.87 Å². The van der Waals surface area contributed by atoms with E-state index in [2.05, 4.69) is 17.4 Å². The highest BCUT2D eigenvalue weighted by Crippen LogP contribution is 2.25. The molecule has 5 nitrogen and oxygen atoms in total. The Morgan fingerprint density at radius 1 is 1.10 bits per heavy atom. The van der Waals surface area contributed by atoms with Crippen molar-refractivity contribution >= 4 is 15.9 Å². The number of piperidine rings is 1. The molecule has 1 atom stereocenters. The van der Waals surface area contributed by atoms with E-state index >= 15 is 0 Å². The minimum atomic E-state index is -3.92. The lowest BCUT2D eigenvalue weighted by atomic mass is 9.96. The third-order valence-electron chi connectivity index (χ3n) is 5.45. The van der Waals surface area contributed by atoms with Gasteiger partial charge in [-0.3, -0.25) is 4.79 Å². The van der Waals surface area contributed by atoms with Gasteiger partial charge >= 0.3 is 0 Å². The first-order valence-electron chi connectivity index (χ1n) is 10.1. The van der Waals surface area contributed by atoms with Gasteiger partial charge in [0.1, 0.15) is 0 Å². The molecule has 2 aromatic rings. The van der Waals surface area contributed by atoms with Gasteiger partial charge in [-0.15, -0.1) is 0 Å². The highest BCUT2D eigenvalue weighted by molar-refractivity contribution is 7.89. The van der Waals surface area contributed by atoms with Gasteiger partial charge in [0.05, 0.1) is 4.90 Å². The van der Waals surface area contributed by atoms with Gasteiger partial charge in [0, 0.05) is 25.0 Å². The molecule has 162 valence electrons. The van der Waals surface area contributed by atoms with Gasteiger partial charge in [-0.2, -0.15) is 4.31 Å². The Bertz CT molecular complexity index is 975. The van der Waals surface area contributed by atoms with Gasteiger partial charge in [-0.25, -0.2) is 17.2 Å². The van der Waals surface area contributed by atoms with Crippen LogP contribution in [0.2, 0.25) is 0 Å². The van der Waals surface area contributed by atoms with Gasteiger partial charge in [-0.05, 0) is 56.4 Å². The van der Waals surface area contributed by atoms with Crippen molar-refractivity contribution in [2.75, 3.05) is 13.1 Å². The monoisotopic (exact) mass is 436 g/mol. The topological polar surface area (TPSA) is 66.5 Å². The Morgan fingerprint density at radius 2 is 1.77 bits per heavy atom. The second kappa shape index (κ2) is 9.66. The maximum absolute atomic E-state index is 13.4. The Morgan fingerprint density at radius 3 is 2.40 bits per heavy atom. The first-order chi connectivity index (χ1) is 14.3. The average molecular weight is 437 g/mol. The lowest BCUT2D eigenvalue weighted by molar-refractivity contribution is -0.126. The molecule has 0 saturated carbocycles. The van der Waals surface area contributed by atoms with Crippen LogP contribution in [0.15, 0.2) is 53.4 Å². The summed E-state index contributed by atoms with van der Waals surface area (Å²) in [5, 5.41) is 3.02. The molecule has 1 fully saturated rings. The predicted octanol–water partition coefficient (Wildman–Crippen LogP) is 3.50. The molecular weight excluding hydrogens is 410 g/mol. The summed E-state index contributed by atoms with van der Waals surface area (Å²) in [6.45, 7) is 2.29. The molecule has 1 amide bonds. The summed E-state index contributed by atoms with van der Waals surface area (Å²) in [6, 6.07) is 12.6. The van der Waals surface area contributed by atoms with E-state index < -0.39 is 21.7 Å². The number of hydrogen-bond acceptors (Lipinski definition) is 3. The number of halogens is 2. The number of nitrogens with one attached hydrogen (secondary N) is 1. The molecule has 0 bridgehead atoms. The molecule has 8 heteroatoms. The van der Waals surface area contributed by atoms with Crippen molar-refractivity contribution in [2.24, 2.45) is 5.92 Å². The first kappa shape index (κ1) is 22.4. The number of nitrogens with zero attached hydrogens (tertiary/aromatic N) is 1. The van der Waals surface area contributed by atoms with Crippen LogP contribution in [0, 0.1) is 17.6 Å². The molecular formula is C22H26F2N2O3S. The molecule has 1 unspecified atom stereocenters. The van der Waals surface area contributed by atoms with Crippen LogP contribution in [0.4, 0.5) is 8.78 Å². The first-order valence-corrected chi connectivity index (χ1v) is 11.5. The summed E-state index contributed by atoms with van der Waals surface area (Å²) in [5.41, 5.74) is 1.22. The van der Waals surface area contributed by atoms with Crippen LogP contribution < -0.4 is 5.32 Å². The zero-order chi connectivity index (χ0) is 21.7. The Labute approximate surface area is 176 Å². The number of aryl methyl sites for hydroxylation is 1. The van der Waals surface area contributed by atoms with Crippen LogP contribution in [0.25, 0.3) is 0 Å². The van der Waals surface area contributed by atoms with Crippen LogP contribution in [-0.2, 0) is 21.2 Å². The minimum absolute atomic E-state index is 0.0154. The van der Waals surface area contributed by atoms with Crippen molar-refractivity contribution in [1.29, 1.82) is 0 Å². The predicted molar refractivity (Wildman–Crippen MR) is 110 cm³/mol. The van der Waals surface area contributed by atoms with Gasteiger partial charge in [-0.1, -0.05) is 30.3 Å². The summed E-state index contributed by atoms with van der Waals surface area (Å²) in [6.07, 6.45) is 2.46. The van der Waals surface area contributed by atoms with Gasteiger partial charge in [0.2, 0.25) is 15.9 Å². The number of hydrogen-bond donors (Lipinski definition) is 1. The molecule has 0 aromatic heterocycles. The fourth-order valence-electron chi connectivity index (χ4n) is 3.61. The molecule has 1 aliphatic heterocycles. The highest BCUT2D eigenvalue weighted by atomic mass is 32.2. The Hall–Kier alpha value is -2.32. The second-order valence-corrected chi connectivity index (χ2v) is 9.63. The third-order valence-corrected chi connectivity index (χ3v) is 7.35. The van der Waals surface area contributed by atoms with Crippen LogP contribution in [0.3, 0.4) is 0 Å². The number of carbonyl (C=O) groups excluding carboxylic acids is 1.